The van der Waals surface area contributed by atoms with Gasteiger partial charge in [0.25, 0.3) is 0 Å². The molecule has 0 unspecified atom stereocenters. The van der Waals surface area contributed by atoms with Crippen molar-refractivity contribution in [3.05, 3.63) is 29.5 Å². The molecule has 2 amide bonds. The summed E-state index contributed by atoms with van der Waals surface area (Å²) in [5.74, 6) is 0.810. The summed E-state index contributed by atoms with van der Waals surface area (Å²) in [5, 5.41) is 12.3. The van der Waals surface area contributed by atoms with Crippen molar-refractivity contribution >= 4 is 17.9 Å². The number of benzene rings is 1. The van der Waals surface area contributed by atoms with Crippen LogP contribution in [0.1, 0.15) is 31.4 Å². The number of methoxy groups -OCH3 is 2. The van der Waals surface area contributed by atoms with E-state index in [1.165, 1.54) is 4.90 Å². The van der Waals surface area contributed by atoms with Crippen LogP contribution in [-0.2, 0) is 16.0 Å². The Morgan fingerprint density at radius 1 is 1.30 bits per heavy atom. The van der Waals surface area contributed by atoms with Gasteiger partial charge >= 0.3 is 0 Å². The third kappa shape index (κ3) is 5.01. The summed E-state index contributed by atoms with van der Waals surface area (Å²) in [4.78, 5) is 26.3. The van der Waals surface area contributed by atoms with Gasteiger partial charge in [0.05, 0.1) is 33.3 Å². The Morgan fingerprint density at radius 3 is 2.56 bits per heavy atom. The third-order valence-corrected chi connectivity index (χ3v) is 4.93. The first kappa shape index (κ1) is 20.8. The molecule has 0 radical (unpaired) electrons. The molecule has 2 atom stereocenters. The van der Waals surface area contributed by atoms with Gasteiger partial charge in [-0.25, -0.2) is 0 Å². The van der Waals surface area contributed by atoms with Crippen molar-refractivity contribution in [3.63, 3.8) is 0 Å². The molecule has 1 aromatic rings. The lowest BCUT2D eigenvalue weighted by atomic mass is 10.00. The Kier molecular flexibility index (Phi) is 7.24. The van der Waals surface area contributed by atoms with Crippen LogP contribution >= 0.6 is 0 Å². The molecule has 0 spiro atoms. The molecule has 0 bridgehead atoms. The quantitative estimate of drug-likeness (QED) is 0.719. The number of nitrogens with one attached hydrogen (secondary N) is 1. The molecule has 0 fully saturated rings. The van der Waals surface area contributed by atoms with Crippen molar-refractivity contribution < 1.29 is 24.2 Å². The maximum atomic E-state index is 12.6. The number of nitrogens with zero attached hydrogens (tertiary/aromatic N) is 1. The van der Waals surface area contributed by atoms with E-state index in [-0.39, 0.29) is 43.3 Å². The molecule has 2 N–H and O–H groups in total. The lowest BCUT2D eigenvalue weighted by molar-refractivity contribution is -0.133. The highest BCUT2D eigenvalue weighted by Crippen LogP contribution is 2.32. The molecule has 0 aromatic heterocycles. The van der Waals surface area contributed by atoms with E-state index in [1.54, 1.807) is 32.6 Å². The molecule has 1 heterocycles. The first-order chi connectivity index (χ1) is 12.9. The number of aliphatic hydroxyl groups is 1. The zero-order chi connectivity index (χ0) is 20.0. The summed E-state index contributed by atoms with van der Waals surface area (Å²) in [7, 11) is 3.10. The predicted octanol–water partition coefficient (Wildman–Crippen LogP) is 1.58. The SMILES string of the molecule is CC[C@@H](C)[C@@H](CO)NC(=O)CN1C=Cc2cc(OC)c(OC)cc2CC1=O. The van der Waals surface area contributed by atoms with Gasteiger partial charge in [0.1, 0.15) is 6.54 Å². The predicted molar refractivity (Wildman–Crippen MR) is 102 cm³/mol. The van der Waals surface area contributed by atoms with Gasteiger partial charge < -0.3 is 24.8 Å². The van der Waals surface area contributed by atoms with E-state index in [0.29, 0.717) is 11.5 Å². The number of aliphatic hydroxyl groups excluding tert-OH is 1. The first-order valence-corrected chi connectivity index (χ1v) is 9.06. The lowest BCUT2D eigenvalue weighted by Crippen LogP contribution is -2.46. The van der Waals surface area contributed by atoms with Gasteiger partial charge in [-0.2, -0.15) is 0 Å². The van der Waals surface area contributed by atoms with Crippen LogP contribution in [0.4, 0.5) is 0 Å². The number of hydrogen-bond donors (Lipinski definition) is 2. The topological polar surface area (TPSA) is 88.1 Å². The first-order valence-electron chi connectivity index (χ1n) is 9.06. The van der Waals surface area contributed by atoms with Crippen LogP contribution in [0.3, 0.4) is 0 Å². The second-order valence-electron chi connectivity index (χ2n) is 6.66. The molecule has 148 valence electrons. The standard InChI is InChI=1S/C20H28N2O5/c1-5-13(2)16(12-23)21-19(24)11-22-7-6-14-8-17(26-3)18(27-4)9-15(14)10-20(22)25/h6-9,13,16,23H,5,10-12H2,1-4H3,(H,21,24)/t13-,16-/m1/s1. The van der Waals surface area contributed by atoms with Crippen molar-refractivity contribution in [3.8, 4) is 11.5 Å². The summed E-state index contributed by atoms with van der Waals surface area (Å²) in [6.45, 7) is 3.75. The van der Waals surface area contributed by atoms with E-state index in [4.69, 9.17) is 9.47 Å². The van der Waals surface area contributed by atoms with Crippen molar-refractivity contribution in [2.24, 2.45) is 5.92 Å². The van der Waals surface area contributed by atoms with Gasteiger partial charge in [0, 0.05) is 6.20 Å². The number of fused-ring (bicyclic) bond motifs is 1. The normalized spacial score (nSPS) is 15.6. The smallest absolute Gasteiger partial charge is 0.240 e. The van der Waals surface area contributed by atoms with E-state index < -0.39 is 0 Å². The summed E-state index contributed by atoms with van der Waals surface area (Å²) in [5.41, 5.74) is 1.65. The molecule has 0 saturated carbocycles. The van der Waals surface area contributed by atoms with E-state index in [1.807, 2.05) is 19.9 Å². The molecule has 7 nitrogen and oxygen atoms in total. The largest absolute Gasteiger partial charge is 0.493 e. The van der Waals surface area contributed by atoms with Crippen molar-refractivity contribution in [1.82, 2.24) is 10.2 Å². The van der Waals surface area contributed by atoms with Gasteiger partial charge in [-0.1, -0.05) is 20.3 Å². The van der Waals surface area contributed by atoms with Gasteiger partial charge in [-0.15, -0.1) is 0 Å². The average Bonchev–Trinajstić information content (AvgIpc) is 2.82. The van der Waals surface area contributed by atoms with Crippen LogP contribution in [0.5, 0.6) is 11.5 Å². The maximum absolute atomic E-state index is 12.6. The van der Waals surface area contributed by atoms with E-state index in [9.17, 15) is 14.7 Å². The van der Waals surface area contributed by atoms with Crippen LogP contribution in [0.2, 0.25) is 0 Å². The minimum Gasteiger partial charge on any atom is -0.493 e. The van der Waals surface area contributed by atoms with E-state index in [0.717, 1.165) is 17.5 Å². The van der Waals surface area contributed by atoms with Crippen LogP contribution in [-0.4, -0.2) is 55.2 Å². The van der Waals surface area contributed by atoms with Crippen molar-refractivity contribution in [2.75, 3.05) is 27.4 Å². The number of rotatable bonds is 8. The molecule has 7 heteroatoms. The minimum absolute atomic E-state index is 0.0927. The maximum Gasteiger partial charge on any atom is 0.240 e. The van der Waals surface area contributed by atoms with Crippen LogP contribution in [0.25, 0.3) is 6.08 Å². The fourth-order valence-electron chi connectivity index (χ4n) is 2.96. The third-order valence-electron chi connectivity index (χ3n) is 4.93. The lowest BCUT2D eigenvalue weighted by Gasteiger charge is -2.24. The molecule has 0 aliphatic carbocycles. The Hall–Kier alpha value is -2.54. The fraction of sp³-hybridized carbons (Fsp3) is 0.500. The monoisotopic (exact) mass is 376 g/mol. The molecule has 2 rings (SSSR count). The van der Waals surface area contributed by atoms with E-state index in [2.05, 4.69) is 5.32 Å². The number of amides is 2. The molecule has 1 aliphatic rings. The molecule has 27 heavy (non-hydrogen) atoms. The summed E-state index contributed by atoms with van der Waals surface area (Å²) in [6.07, 6.45) is 4.39. The average molecular weight is 376 g/mol. The summed E-state index contributed by atoms with van der Waals surface area (Å²) in [6, 6.07) is 3.27. The second kappa shape index (κ2) is 9.41. The van der Waals surface area contributed by atoms with Gasteiger partial charge in [0.15, 0.2) is 11.5 Å². The Labute approximate surface area is 159 Å². The number of hydrogen-bond acceptors (Lipinski definition) is 5. The summed E-state index contributed by atoms with van der Waals surface area (Å²) >= 11 is 0. The second-order valence-corrected chi connectivity index (χ2v) is 6.66. The number of ether oxygens (including phenoxy) is 2. The Bertz CT molecular complexity index is 717. The fourth-order valence-corrected chi connectivity index (χ4v) is 2.96. The highest BCUT2D eigenvalue weighted by Gasteiger charge is 2.23. The van der Waals surface area contributed by atoms with E-state index >= 15 is 0 Å². The zero-order valence-electron chi connectivity index (χ0n) is 16.3. The van der Waals surface area contributed by atoms with Crippen LogP contribution < -0.4 is 14.8 Å². The molecule has 1 aromatic carbocycles. The number of carbonyl (C=O) groups excluding carboxylic acids is 2. The summed E-state index contributed by atoms with van der Waals surface area (Å²) < 4.78 is 10.6. The van der Waals surface area contributed by atoms with Crippen molar-refractivity contribution in [1.29, 1.82) is 0 Å². The highest BCUT2D eigenvalue weighted by atomic mass is 16.5. The van der Waals surface area contributed by atoms with Crippen molar-refractivity contribution in [2.45, 2.75) is 32.7 Å². The molecular weight excluding hydrogens is 348 g/mol. The molecule has 0 saturated heterocycles. The van der Waals surface area contributed by atoms with Gasteiger partial charge in [-0.3, -0.25) is 9.59 Å². The number of carbonyl (C=O) groups is 2. The molecule has 1 aliphatic heterocycles. The van der Waals surface area contributed by atoms with Crippen LogP contribution in [0, 0.1) is 5.92 Å². The van der Waals surface area contributed by atoms with Gasteiger partial charge in [-0.05, 0) is 35.3 Å². The van der Waals surface area contributed by atoms with Gasteiger partial charge in [0.2, 0.25) is 11.8 Å². The Morgan fingerprint density at radius 2 is 1.96 bits per heavy atom. The highest BCUT2D eigenvalue weighted by molar-refractivity contribution is 5.89. The zero-order valence-corrected chi connectivity index (χ0v) is 16.3. The Balaban J connectivity index is 2.12. The van der Waals surface area contributed by atoms with Crippen LogP contribution in [0.15, 0.2) is 18.3 Å². The molecular formula is C20H28N2O5. The minimum atomic E-state index is -0.320.